The second kappa shape index (κ2) is 14.9. The highest BCUT2D eigenvalue weighted by Gasteiger charge is 2.41. The maximum atomic E-state index is 12.0. The fraction of sp³-hybridized carbons (Fsp3) is 0.533. The molecule has 15 heteroatoms. The number of halogens is 1. The molecular formula is C30H45BrN2O10Si2. The number of nitro groups is 2. The Hall–Kier alpha value is -3.31. The third-order valence-electron chi connectivity index (χ3n) is 8.29. The number of carbonyl (C=O) groups is 2. The molecule has 0 radical (unpaired) electrons. The third-order valence-corrected chi connectivity index (χ3v) is 17.5. The fourth-order valence-electron chi connectivity index (χ4n) is 3.48. The van der Waals surface area contributed by atoms with Gasteiger partial charge >= 0.3 is 11.9 Å². The molecule has 0 fully saturated rings. The van der Waals surface area contributed by atoms with Crippen molar-refractivity contribution >= 4 is 55.9 Å². The summed E-state index contributed by atoms with van der Waals surface area (Å²) in [6.45, 7) is 22.5. The molecule has 0 saturated heterocycles. The minimum atomic E-state index is -2.15. The van der Waals surface area contributed by atoms with E-state index in [1.165, 1.54) is 26.4 Å². The van der Waals surface area contributed by atoms with Gasteiger partial charge in [-0.2, -0.15) is 0 Å². The van der Waals surface area contributed by atoms with Crippen molar-refractivity contribution in [3.63, 3.8) is 0 Å². The summed E-state index contributed by atoms with van der Waals surface area (Å²) in [7, 11) is -1.86. The lowest BCUT2D eigenvalue weighted by molar-refractivity contribution is -0.385. The lowest BCUT2D eigenvalue weighted by Gasteiger charge is -2.37. The van der Waals surface area contributed by atoms with Gasteiger partial charge in [0.1, 0.15) is 22.6 Å². The van der Waals surface area contributed by atoms with E-state index in [-0.39, 0.29) is 37.9 Å². The van der Waals surface area contributed by atoms with Crippen LogP contribution in [0.3, 0.4) is 0 Å². The molecule has 0 bridgehead atoms. The molecule has 0 aliphatic heterocycles. The van der Waals surface area contributed by atoms with Crippen LogP contribution in [0.5, 0.6) is 11.5 Å². The molecule has 0 amide bonds. The Morgan fingerprint density at radius 3 is 1.44 bits per heavy atom. The van der Waals surface area contributed by atoms with Crippen LogP contribution < -0.4 is 8.85 Å². The molecule has 0 aliphatic carbocycles. The van der Waals surface area contributed by atoms with E-state index >= 15 is 0 Å². The predicted octanol–water partition coefficient (Wildman–Crippen LogP) is 8.73. The Morgan fingerprint density at radius 1 is 0.733 bits per heavy atom. The lowest BCUT2D eigenvalue weighted by atomic mass is 10.1. The molecule has 0 spiro atoms. The highest BCUT2D eigenvalue weighted by molar-refractivity contribution is 9.08. The van der Waals surface area contributed by atoms with E-state index in [2.05, 4.69) is 88.4 Å². The summed E-state index contributed by atoms with van der Waals surface area (Å²) in [5.74, 6) is -0.492. The Kier molecular flexibility index (Phi) is 13.1. The third kappa shape index (κ3) is 9.36. The van der Waals surface area contributed by atoms with Gasteiger partial charge in [0.25, 0.3) is 11.4 Å². The van der Waals surface area contributed by atoms with Crippen LogP contribution in [0.25, 0.3) is 0 Å². The Balaban J connectivity index is 0.000000450. The Labute approximate surface area is 275 Å². The molecule has 0 saturated carbocycles. The topological polar surface area (TPSA) is 157 Å². The summed E-state index contributed by atoms with van der Waals surface area (Å²) < 4.78 is 21.8. The van der Waals surface area contributed by atoms with E-state index in [9.17, 15) is 29.8 Å². The summed E-state index contributed by atoms with van der Waals surface area (Å²) in [6, 6.07) is 5.70. The van der Waals surface area contributed by atoms with Gasteiger partial charge in [0.05, 0.1) is 24.1 Å². The van der Waals surface area contributed by atoms with E-state index in [0.29, 0.717) is 22.6 Å². The quantitative estimate of drug-likeness (QED) is 0.0804. The van der Waals surface area contributed by atoms with Crippen LogP contribution in [0.1, 0.15) is 73.4 Å². The molecule has 45 heavy (non-hydrogen) atoms. The van der Waals surface area contributed by atoms with E-state index in [0.717, 1.165) is 0 Å². The molecule has 12 nitrogen and oxygen atoms in total. The molecule has 0 aliphatic rings. The van der Waals surface area contributed by atoms with Gasteiger partial charge in [-0.3, -0.25) is 20.2 Å². The molecule has 0 heterocycles. The van der Waals surface area contributed by atoms with Gasteiger partial charge in [-0.05, 0) is 55.3 Å². The van der Waals surface area contributed by atoms with Gasteiger partial charge in [0, 0.05) is 28.6 Å². The summed E-state index contributed by atoms with van der Waals surface area (Å²) in [5.41, 5.74) is 0.205. The van der Waals surface area contributed by atoms with Crippen LogP contribution in [-0.4, -0.2) is 52.6 Å². The number of nitrogens with zero attached hydrogens (tertiary/aromatic N) is 2. The largest absolute Gasteiger partial charge is 0.543 e. The fourth-order valence-corrected chi connectivity index (χ4v) is 6.16. The number of ether oxygens (including phenoxy) is 2. The first-order valence-corrected chi connectivity index (χ1v) is 21.0. The number of benzene rings is 2. The van der Waals surface area contributed by atoms with Gasteiger partial charge in [-0.25, -0.2) is 9.59 Å². The second-order valence-corrected chi connectivity index (χ2v) is 23.4. The molecule has 0 unspecified atom stereocenters. The molecule has 0 atom stereocenters. The number of rotatable bonds is 9. The Bertz CT molecular complexity index is 1450. The summed E-state index contributed by atoms with van der Waals surface area (Å²) in [5, 5.41) is 22.5. The van der Waals surface area contributed by atoms with Crippen molar-refractivity contribution < 1.29 is 37.8 Å². The summed E-state index contributed by atoms with van der Waals surface area (Å²) >= 11 is 3.30. The van der Waals surface area contributed by atoms with Gasteiger partial charge in [0.2, 0.25) is 16.6 Å². The zero-order valence-electron chi connectivity index (χ0n) is 28.4. The maximum Gasteiger partial charge on any atom is 0.345 e. The highest BCUT2D eigenvalue weighted by Crippen LogP contribution is 2.41. The number of hydrogen-bond acceptors (Lipinski definition) is 10. The van der Waals surface area contributed by atoms with Crippen molar-refractivity contribution in [1.82, 2.24) is 0 Å². The lowest BCUT2D eigenvalue weighted by Crippen LogP contribution is -2.44. The molecule has 2 aromatic carbocycles. The number of hydrogen-bond donors (Lipinski definition) is 0. The summed E-state index contributed by atoms with van der Waals surface area (Å²) in [6.07, 6.45) is 0. The van der Waals surface area contributed by atoms with Gasteiger partial charge in [-0.15, -0.1) is 0 Å². The highest BCUT2D eigenvalue weighted by atomic mass is 79.9. The zero-order valence-corrected chi connectivity index (χ0v) is 32.0. The van der Waals surface area contributed by atoms with Gasteiger partial charge in [-0.1, -0.05) is 57.5 Å². The normalized spacial score (nSPS) is 12.0. The first-order chi connectivity index (χ1) is 20.4. The van der Waals surface area contributed by atoms with E-state index in [1.54, 1.807) is 19.1 Å². The monoisotopic (exact) mass is 728 g/mol. The smallest absolute Gasteiger partial charge is 0.345 e. The number of esters is 2. The van der Waals surface area contributed by atoms with Crippen molar-refractivity contribution in [3.8, 4) is 11.5 Å². The van der Waals surface area contributed by atoms with Crippen LogP contribution >= 0.6 is 15.9 Å². The number of alkyl halides is 1. The predicted molar refractivity (Wildman–Crippen MR) is 182 cm³/mol. The van der Waals surface area contributed by atoms with Crippen LogP contribution in [0.15, 0.2) is 24.3 Å². The maximum absolute atomic E-state index is 12.0. The van der Waals surface area contributed by atoms with Crippen molar-refractivity contribution in [1.29, 1.82) is 0 Å². The minimum absolute atomic E-state index is 0.0212. The van der Waals surface area contributed by atoms with Crippen LogP contribution in [0, 0.1) is 27.2 Å². The SMILES string of the molecule is COC(=O)c1c([N+](=O)[O-])ccc(O[Si](C)(C)C(C)(C)C)c1C.COC(=O)c1c([N+](=O)[O-])ccc(O[Si](C)(C)C(C)(C)C)c1CBr. The molecule has 2 aromatic rings. The van der Waals surface area contributed by atoms with E-state index in [4.69, 9.17) is 13.6 Å². The number of carbonyl (C=O) groups excluding carboxylic acids is 2. The molecule has 0 N–H and O–H groups in total. The van der Waals surface area contributed by atoms with Crippen molar-refractivity contribution in [2.45, 2.75) is 90.1 Å². The standard InChI is InChI=1S/C15H22BrNO5Si.C15H23NO5Si/c1-15(2,3)23(5,6)22-12-8-7-11(17(19)20)13(10(12)9-16)14(18)21-4;1-10-12(21-22(6,7)15(2,3)4)9-8-11(16(18)19)13(10)14(17)20-5/h7-8H,9H2,1-6H3;8-9H,1-7H3. The Morgan fingerprint density at radius 2 is 1.09 bits per heavy atom. The van der Waals surface area contributed by atoms with E-state index < -0.39 is 38.4 Å². The van der Waals surface area contributed by atoms with Crippen LogP contribution in [-0.2, 0) is 14.8 Å². The zero-order chi connectivity index (χ0) is 35.3. The van der Waals surface area contributed by atoms with Crippen molar-refractivity contribution in [3.05, 3.63) is 66.7 Å². The van der Waals surface area contributed by atoms with Gasteiger partial charge in [0.15, 0.2) is 0 Å². The van der Waals surface area contributed by atoms with Gasteiger partial charge < -0.3 is 18.3 Å². The molecular weight excluding hydrogens is 684 g/mol. The number of nitro benzene ring substituents is 2. The van der Waals surface area contributed by atoms with Crippen LogP contribution in [0.2, 0.25) is 36.3 Å². The summed E-state index contributed by atoms with van der Waals surface area (Å²) in [4.78, 5) is 45.1. The average molecular weight is 730 g/mol. The molecule has 250 valence electrons. The van der Waals surface area contributed by atoms with Crippen molar-refractivity contribution in [2.75, 3.05) is 14.2 Å². The second-order valence-electron chi connectivity index (χ2n) is 13.4. The number of methoxy groups -OCH3 is 2. The first kappa shape index (κ1) is 39.7. The molecule has 0 aromatic heterocycles. The van der Waals surface area contributed by atoms with Crippen LogP contribution in [0.4, 0.5) is 11.4 Å². The van der Waals surface area contributed by atoms with E-state index in [1.807, 2.05) is 0 Å². The first-order valence-electron chi connectivity index (χ1n) is 14.1. The van der Waals surface area contributed by atoms with Crippen molar-refractivity contribution in [2.24, 2.45) is 0 Å². The average Bonchev–Trinajstić information content (AvgIpc) is 2.91. The minimum Gasteiger partial charge on any atom is -0.543 e. The molecule has 2 rings (SSSR count).